The topological polar surface area (TPSA) is 39.9 Å². The van der Waals surface area contributed by atoms with Crippen molar-refractivity contribution >= 4 is 15.9 Å². The minimum atomic E-state index is -0.358. The second-order valence-corrected chi connectivity index (χ2v) is 5.05. The van der Waals surface area contributed by atoms with Crippen molar-refractivity contribution in [2.24, 2.45) is 0 Å². The largest absolute Gasteiger partial charge is 0.477 e. The van der Waals surface area contributed by atoms with Gasteiger partial charge in [0, 0.05) is 6.42 Å². The molecule has 0 aromatic carbocycles. The quantitative estimate of drug-likeness (QED) is 0.812. The third kappa shape index (κ3) is 1.80. The summed E-state index contributed by atoms with van der Waals surface area (Å²) in [5, 5.41) is 4.49. The lowest BCUT2D eigenvalue weighted by molar-refractivity contribution is 0.200. The van der Waals surface area contributed by atoms with E-state index in [4.69, 9.17) is 4.74 Å². The molecule has 1 atom stereocenters. The van der Waals surface area contributed by atoms with Crippen LogP contribution in [0.4, 0.5) is 4.39 Å². The molecular formula is C12H11BrFN3O. The van der Waals surface area contributed by atoms with Crippen LogP contribution in [0.2, 0.25) is 0 Å². The van der Waals surface area contributed by atoms with Crippen LogP contribution >= 0.6 is 15.9 Å². The molecule has 3 rings (SSSR count). The van der Waals surface area contributed by atoms with Gasteiger partial charge in [-0.3, -0.25) is 4.98 Å². The Labute approximate surface area is 112 Å². The molecule has 0 spiro atoms. The molecule has 0 N–H and O–H groups in total. The van der Waals surface area contributed by atoms with E-state index in [0.29, 0.717) is 24.0 Å². The van der Waals surface area contributed by atoms with Crippen molar-refractivity contribution in [3.63, 3.8) is 0 Å². The summed E-state index contributed by atoms with van der Waals surface area (Å²) in [5.74, 6) is 0.360. The Kier molecular flexibility index (Phi) is 2.81. The summed E-state index contributed by atoms with van der Waals surface area (Å²) in [6, 6.07) is 3.27. The Morgan fingerprint density at radius 3 is 3.00 bits per heavy atom. The van der Waals surface area contributed by atoms with Gasteiger partial charge < -0.3 is 4.74 Å². The van der Waals surface area contributed by atoms with Gasteiger partial charge in [-0.1, -0.05) is 0 Å². The van der Waals surface area contributed by atoms with Gasteiger partial charge in [0.05, 0.1) is 24.5 Å². The molecule has 0 bridgehead atoms. The number of halogens is 2. The van der Waals surface area contributed by atoms with E-state index in [1.807, 2.05) is 4.68 Å². The molecule has 94 valence electrons. The molecule has 0 saturated carbocycles. The van der Waals surface area contributed by atoms with Gasteiger partial charge in [-0.2, -0.15) is 5.10 Å². The van der Waals surface area contributed by atoms with E-state index in [1.54, 1.807) is 6.07 Å². The van der Waals surface area contributed by atoms with Crippen molar-refractivity contribution < 1.29 is 9.13 Å². The van der Waals surface area contributed by atoms with Crippen molar-refractivity contribution in [1.29, 1.82) is 0 Å². The van der Waals surface area contributed by atoms with Crippen LogP contribution in [0, 0.1) is 5.82 Å². The van der Waals surface area contributed by atoms with Crippen molar-refractivity contribution in [3.05, 3.63) is 28.6 Å². The average Bonchev–Trinajstić information content (AvgIpc) is 2.70. The van der Waals surface area contributed by atoms with E-state index in [-0.39, 0.29) is 5.82 Å². The zero-order chi connectivity index (χ0) is 12.7. The SMILES string of the molecule is CC1CCOc2c(Br)c(-c3ccc(F)cn3)nn21. The van der Waals surface area contributed by atoms with E-state index in [9.17, 15) is 4.39 Å². The number of aromatic nitrogens is 3. The first-order valence-corrected chi connectivity index (χ1v) is 6.49. The third-order valence-electron chi connectivity index (χ3n) is 2.97. The normalized spacial score (nSPS) is 18.3. The molecule has 0 radical (unpaired) electrons. The third-order valence-corrected chi connectivity index (χ3v) is 3.69. The summed E-state index contributed by atoms with van der Waals surface area (Å²) in [6.45, 7) is 2.77. The second kappa shape index (κ2) is 4.35. The molecule has 6 heteroatoms. The summed E-state index contributed by atoms with van der Waals surface area (Å²) in [4.78, 5) is 4.04. The van der Waals surface area contributed by atoms with Crippen LogP contribution in [0.3, 0.4) is 0 Å². The molecule has 0 aliphatic carbocycles. The van der Waals surface area contributed by atoms with E-state index in [0.717, 1.165) is 16.8 Å². The average molecular weight is 312 g/mol. The van der Waals surface area contributed by atoms with E-state index in [2.05, 4.69) is 32.9 Å². The first-order chi connectivity index (χ1) is 8.66. The fourth-order valence-corrected chi connectivity index (χ4v) is 2.53. The molecular weight excluding hydrogens is 301 g/mol. The number of fused-ring (bicyclic) bond motifs is 1. The van der Waals surface area contributed by atoms with Gasteiger partial charge in [0.25, 0.3) is 0 Å². The van der Waals surface area contributed by atoms with Crippen molar-refractivity contribution in [1.82, 2.24) is 14.8 Å². The maximum absolute atomic E-state index is 12.9. The Morgan fingerprint density at radius 1 is 1.50 bits per heavy atom. The molecule has 4 nitrogen and oxygen atoms in total. The summed E-state index contributed by atoms with van der Waals surface area (Å²) in [7, 11) is 0. The van der Waals surface area contributed by atoms with Crippen LogP contribution < -0.4 is 4.74 Å². The first-order valence-electron chi connectivity index (χ1n) is 5.69. The van der Waals surface area contributed by atoms with Gasteiger partial charge in [0.15, 0.2) is 0 Å². The van der Waals surface area contributed by atoms with Gasteiger partial charge >= 0.3 is 0 Å². The molecule has 0 saturated heterocycles. The highest BCUT2D eigenvalue weighted by Crippen LogP contribution is 2.38. The molecule has 1 aliphatic rings. The Morgan fingerprint density at radius 2 is 2.33 bits per heavy atom. The summed E-state index contributed by atoms with van der Waals surface area (Å²) < 4.78 is 21.1. The summed E-state index contributed by atoms with van der Waals surface area (Å²) >= 11 is 3.48. The lowest BCUT2D eigenvalue weighted by Crippen LogP contribution is -2.19. The lowest BCUT2D eigenvalue weighted by Gasteiger charge is -2.21. The monoisotopic (exact) mass is 311 g/mol. The predicted molar refractivity (Wildman–Crippen MR) is 67.9 cm³/mol. The Balaban J connectivity index is 2.10. The molecule has 1 aliphatic heterocycles. The number of ether oxygens (including phenoxy) is 1. The molecule has 3 heterocycles. The summed E-state index contributed by atoms with van der Waals surface area (Å²) in [5.41, 5.74) is 1.31. The van der Waals surface area contributed by atoms with Gasteiger partial charge in [-0.15, -0.1) is 0 Å². The van der Waals surface area contributed by atoms with Gasteiger partial charge in [0.1, 0.15) is 16.0 Å². The van der Waals surface area contributed by atoms with Crippen molar-refractivity contribution in [2.45, 2.75) is 19.4 Å². The van der Waals surface area contributed by atoms with Gasteiger partial charge in [0.2, 0.25) is 5.88 Å². The summed E-state index contributed by atoms with van der Waals surface area (Å²) in [6.07, 6.45) is 2.11. The maximum Gasteiger partial charge on any atom is 0.227 e. The first kappa shape index (κ1) is 11.6. The van der Waals surface area contributed by atoms with Gasteiger partial charge in [-0.25, -0.2) is 9.07 Å². The van der Waals surface area contributed by atoms with Crippen LogP contribution in [0.5, 0.6) is 5.88 Å². The highest BCUT2D eigenvalue weighted by Gasteiger charge is 2.25. The zero-order valence-electron chi connectivity index (χ0n) is 9.73. The Hall–Kier alpha value is -1.43. The van der Waals surface area contributed by atoms with Crippen molar-refractivity contribution in [2.75, 3.05) is 6.61 Å². The smallest absolute Gasteiger partial charge is 0.227 e. The maximum atomic E-state index is 12.9. The fraction of sp³-hybridized carbons (Fsp3) is 0.333. The van der Waals surface area contributed by atoms with Crippen LogP contribution in [0.1, 0.15) is 19.4 Å². The second-order valence-electron chi connectivity index (χ2n) is 4.26. The van der Waals surface area contributed by atoms with Crippen LogP contribution in [-0.2, 0) is 0 Å². The van der Waals surface area contributed by atoms with Gasteiger partial charge in [-0.05, 0) is 35.0 Å². The Bertz CT molecular complexity index is 582. The number of nitrogens with zero attached hydrogens (tertiary/aromatic N) is 3. The molecule has 0 fully saturated rings. The van der Waals surface area contributed by atoms with E-state index < -0.39 is 0 Å². The van der Waals surface area contributed by atoms with E-state index >= 15 is 0 Å². The lowest BCUT2D eigenvalue weighted by atomic mass is 10.2. The highest BCUT2D eigenvalue weighted by molar-refractivity contribution is 9.10. The van der Waals surface area contributed by atoms with Crippen LogP contribution in [0.25, 0.3) is 11.4 Å². The predicted octanol–water partition coefficient (Wildman–Crippen LogP) is 3.19. The minimum absolute atomic E-state index is 0.291. The molecule has 18 heavy (non-hydrogen) atoms. The van der Waals surface area contributed by atoms with Crippen molar-refractivity contribution in [3.8, 4) is 17.3 Å². The fourth-order valence-electron chi connectivity index (χ4n) is 1.96. The number of hydrogen-bond donors (Lipinski definition) is 0. The standard InChI is InChI=1S/C12H11BrFN3O/c1-7-4-5-18-12-10(13)11(16-17(7)12)9-3-2-8(14)6-15-9/h2-3,6-7H,4-5H2,1H3. The molecule has 1 unspecified atom stereocenters. The van der Waals surface area contributed by atoms with Crippen LogP contribution in [-0.4, -0.2) is 21.4 Å². The zero-order valence-corrected chi connectivity index (χ0v) is 11.3. The minimum Gasteiger partial charge on any atom is -0.477 e. The van der Waals surface area contributed by atoms with E-state index in [1.165, 1.54) is 12.3 Å². The number of hydrogen-bond acceptors (Lipinski definition) is 3. The molecule has 2 aromatic heterocycles. The number of pyridine rings is 1. The number of rotatable bonds is 1. The molecule has 2 aromatic rings. The van der Waals surface area contributed by atoms with Crippen LogP contribution in [0.15, 0.2) is 22.8 Å². The highest BCUT2D eigenvalue weighted by atomic mass is 79.9. The molecule has 0 amide bonds.